The summed E-state index contributed by atoms with van der Waals surface area (Å²) in [6, 6.07) is 8.83. The number of hydrogen-bond acceptors (Lipinski definition) is 2. The van der Waals surface area contributed by atoms with Crippen LogP contribution < -0.4 is 5.32 Å². The molecule has 18 heavy (non-hydrogen) atoms. The van der Waals surface area contributed by atoms with Crippen LogP contribution in [0.1, 0.15) is 39.2 Å². The van der Waals surface area contributed by atoms with Crippen LogP contribution in [-0.2, 0) is 11.3 Å². The van der Waals surface area contributed by atoms with Gasteiger partial charge < -0.3 is 10.1 Å². The quantitative estimate of drug-likeness (QED) is 0.779. The third-order valence-corrected chi connectivity index (χ3v) is 3.29. The Kier molecular flexibility index (Phi) is 7.56. The third kappa shape index (κ3) is 6.53. The molecule has 1 unspecified atom stereocenters. The van der Waals surface area contributed by atoms with Crippen molar-refractivity contribution in [3.8, 4) is 0 Å². The van der Waals surface area contributed by atoms with Crippen LogP contribution in [0.2, 0.25) is 0 Å². The van der Waals surface area contributed by atoms with Gasteiger partial charge >= 0.3 is 0 Å². The van der Waals surface area contributed by atoms with Crippen LogP contribution in [0.3, 0.4) is 0 Å². The van der Waals surface area contributed by atoms with Crippen LogP contribution in [0.15, 0.2) is 28.7 Å². The normalized spacial score (nSPS) is 12.9. The Balaban J connectivity index is 2.38. The molecule has 0 bridgehead atoms. The molecule has 1 atom stereocenters. The Morgan fingerprint density at radius 3 is 2.44 bits per heavy atom. The molecule has 1 rings (SSSR count). The highest BCUT2D eigenvalue weighted by molar-refractivity contribution is 9.10. The average Bonchev–Trinajstić information content (AvgIpc) is 2.34. The van der Waals surface area contributed by atoms with Gasteiger partial charge in [-0.15, -0.1) is 0 Å². The van der Waals surface area contributed by atoms with Crippen molar-refractivity contribution in [3.05, 3.63) is 34.3 Å². The lowest BCUT2D eigenvalue weighted by atomic mass is 10.2. The third-order valence-electron chi connectivity index (χ3n) is 2.76. The zero-order valence-corrected chi connectivity index (χ0v) is 13.2. The van der Waals surface area contributed by atoms with E-state index in [9.17, 15) is 0 Å². The maximum atomic E-state index is 5.98. The summed E-state index contributed by atoms with van der Waals surface area (Å²) in [6.07, 6.45) is 2.57. The van der Waals surface area contributed by atoms with E-state index in [-0.39, 0.29) is 0 Å². The van der Waals surface area contributed by atoms with E-state index in [2.05, 4.69) is 66.3 Å². The first-order valence-electron chi connectivity index (χ1n) is 6.71. The summed E-state index contributed by atoms with van der Waals surface area (Å²) in [5, 5.41) is 3.44. The zero-order chi connectivity index (χ0) is 13.4. The first kappa shape index (κ1) is 15.7. The lowest BCUT2D eigenvalue weighted by molar-refractivity contribution is 0.0336. The lowest BCUT2D eigenvalue weighted by Crippen LogP contribution is -2.33. The molecule has 0 aromatic heterocycles. The Hall–Kier alpha value is -0.380. The second-order valence-electron chi connectivity index (χ2n) is 4.91. The van der Waals surface area contributed by atoms with Crippen molar-refractivity contribution in [1.29, 1.82) is 0 Å². The van der Waals surface area contributed by atoms with E-state index in [4.69, 9.17) is 4.74 Å². The number of rotatable bonds is 8. The molecule has 0 radical (unpaired) electrons. The topological polar surface area (TPSA) is 21.3 Å². The minimum absolute atomic E-state index is 0.307. The van der Waals surface area contributed by atoms with Crippen molar-refractivity contribution in [2.75, 3.05) is 6.54 Å². The maximum absolute atomic E-state index is 5.98. The molecular weight excluding hydrogens is 290 g/mol. The number of benzene rings is 1. The fraction of sp³-hybridized carbons (Fsp3) is 0.600. The van der Waals surface area contributed by atoms with Crippen molar-refractivity contribution in [2.45, 2.75) is 52.4 Å². The summed E-state index contributed by atoms with van der Waals surface area (Å²) in [6.45, 7) is 8.15. The van der Waals surface area contributed by atoms with Gasteiger partial charge in [-0.05, 0) is 24.1 Å². The Morgan fingerprint density at radius 2 is 1.89 bits per heavy atom. The number of halogens is 1. The van der Waals surface area contributed by atoms with E-state index in [1.54, 1.807) is 0 Å². The fourth-order valence-corrected chi connectivity index (χ4v) is 1.99. The summed E-state index contributed by atoms with van der Waals surface area (Å²) in [5.74, 6) is 0. The van der Waals surface area contributed by atoms with E-state index >= 15 is 0 Å². The van der Waals surface area contributed by atoms with E-state index in [1.165, 1.54) is 5.56 Å². The van der Waals surface area contributed by atoms with Crippen molar-refractivity contribution in [2.24, 2.45) is 0 Å². The molecule has 0 fully saturated rings. The maximum Gasteiger partial charge on any atom is 0.0721 e. The van der Waals surface area contributed by atoms with Gasteiger partial charge in [-0.2, -0.15) is 0 Å². The number of nitrogens with one attached hydrogen (secondary N) is 1. The molecule has 0 aliphatic carbocycles. The molecule has 102 valence electrons. The Morgan fingerprint density at radius 1 is 1.22 bits per heavy atom. The molecule has 0 heterocycles. The molecule has 0 aliphatic heterocycles. The zero-order valence-electron chi connectivity index (χ0n) is 11.6. The van der Waals surface area contributed by atoms with Crippen LogP contribution in [0.25, 0.3) is 0 Å². The largest absolute Gasteiger partial charge is 0.372 e. The standard InChI is InChI=1S/C15H24BrNO/c1-4-5-15(10-17-12(2)3)18-11-13-6-8-14(16)9-7-13/h6-9,12,15,17H,4-5,10-11H2,1-3H3. The van der Waals surface area contributed by atoms with E-state index in [0.717, 1.165) is 23.9 Å². The van der Waals surface area contributed by atoms with Gasteiger partial charge in [-0.1, -0.05) is 55.3 Å². The van der Waals surface area contributed by atoms with Crippen LogP contribution in [-0.4, -0.2) is 18.7 Å². The number of ether oxygens (including phenoxy) is 1. The molecule has 0 saturated carbocycles. The van der Waals surface area contributed by atoms with Crippen LogP contribution >= 0.6 is 15.9 Å². The van der Waals surface area contributed by atoms with Gasteiger partial charge in [0.1, 0.15) is 0 Å². The van der Waals surface area contributed by atoms with Crippen molar-refractivity contribution in [1.82, 2.24) is 5.32 Å². The predicted octanol–water partition coefficient (Wildman–Crippen LogP) is 4.13. The number of hydrogen-bond donors (Lipinski definition) is 1. The summed E-state index contributed by atoms with van der Waals surface area (Å²) in [5.41, 5.74) is 1.23. The predicted molar refractivity (Wildman–Crippen MR) is 80.8 cm³/mol. The van der Waals surface area contributed by atoms with Gasteiger partial charge in [-0.25, -0.2) is 0 Å². The summed E-state index contributed by atoms with van der Waals surface area (Å²) >= 11 is 3.44. The lowest BCUT2D eigenvalue weighted by Gasteiger charge is -2.19. The van der Waals surface area contributed by atoms with Gasteiger partial charge in [0.25, 0.3) is 0 Å². The molecule has 2 nitrogen and oxygen atoms in total. The molecule has 1 aromatic rings. The summed E-state index contributed by atoms with van der Waals surface area (Å²) < 4.78 is 7.09. The van der Waals surface area contributed by atoms with Crippen LogP contribution in [0.5, 0.6) is 0 Å². The first-order valence-corrected chi connectivity index (χ1v) is 7.50. The van der Waals surface area contributed by atoms with E-state index in [0.29, 0.717) is 18.8 Å². The SMILES string of the molecule is CCCC(CNC(C)C)OCc1ccc(Br)cc1. The average molecular weight is 314 g/mol. The highest BCUT2D eigenvalue weighted by Gasteiger charge is 2.08. The van der Waals surface area contributed by atoms with Gasteiger partial charge in [0.05, 0.1) is 12.7 Å². The van der Waals surface area contributed by atoms with Gasteiger partial charge in [0.2, 0.25) is 0 Å². The first-order chi connectivity index (χ1) is 8.61. The molecule has 1 aromatic carbocycles. The highest BCUT2D eigenvalue weighted by atomic mass is 79.9. The van der Waals surface area contributed by atoms with Crippen LogP contribution in [0.4, 0.5) is 0 Å². The Bertz CT molecular complexity index is 324. The molecule has 0 amide bonds. The summed E-state index contributed by atoms with van der Waals surface area (Å²) in [4.78, 5) is 0. The minimum atomic E-state index is 0.307. The summed E-state index contributed by atoms with van der Waals surface area (Å²) in [7, 11) is 0. The highest BCUT2D eigenvalue weighted by Crippen LogP contribution is 2.12. The van der Waals surface area contributed by atoms with E-state index < -0.39 is 0 Å². The van der Waals surface area contributed by atoms with Crippen molar-refractivity contribution < 1.29 is 4.74 Å². The monoisotopic (exact) mass is 313 g/mol. The Labute approximate surface area is 119 Å². The van der Waals surface area contributed by atoms with Crippen molar-refractivity contribution in [3.63, 3.8) is 0 Å². The molecule has 0 aliphatic rings. The second kappa shape index (κ2) is 8.68. The molecule has 3 heteroatoms. The van der Waals surface area contributed by atoms with Gasteiger partial charge in [-0.3, -0.25) is 0 Å². The van der Waals surface area contributed by atoms with Crippen molar-refractivity contribution >= 4 is 15.9 Å². The van der Waals surface area contributed by atoms with Gasteiger partial charge in [0.15, 0.2) is 0 Å². The molecular formula is C15H24BrNO. The fourth-order valence-electron chi connectivity index (χ4n) is 1.73. The van der Waals surface area contributed by atoms with Gasteiger partial charge in [0, 0.05) is 17.1 Å². The second-order valence-corrected chi connectivity index (χ2v) is 5.83. The molecule has 0 spiro atoms. The molecule has 1 N–H and O–H groups in total. The van der Waals surface area contributed by atoms with E-state index in [1.807, 2.05) is 0 Å². The minimum Gasteiger partial charge on any atom is -0.372 e. The smallest absolute Gasteiger partial charge is 0.0721 e. The molecule has 0 saturated heterocycles. The van der Waals surface area contributed by atoms with Crippen LogP contribution in [0, 0.1) is 0 Å².